The number of hydrogen-bond acceptors (Lipinski definition) is 2. The number of rotatable bonds is 1. The zero-order chi connectivity index (χ0) is 11.9. The molecule has 1 aliphatic carbocycles. The van der Waals surface area contributed by atoms with Gasteiger partial charge in [-0.15, -0.1) is 0 Å². The molecule has 0 bridgehead atoms. The number of benzene rings is 1. The topological polar surface area (TPSA) is 37.3 Å². The van der Waals surface area contributed by atoms with E-state index in [2.05, 4.69) is 0 Å². The predicted octanol–water partition coefficient (Wildman–Crippen LogP) is 3.59. The molecule has 1 aromatic carbocycles. The van der Waals surface area contributed by atoms with Crippen LogP contribution in [0.25, 0.3) is 5.57 Å². The monoisotopic (exact) mass is 234 g/mol. The van der Waals surface area contributed by atoms with Gasteiger partial charge in [0.25, 0.3) is 0 Å². The largest absolute Gasteiger partial charge is 0.508 e. The van der Waals surface area contributed by atoms with Crippen molar-refractivity contribution in [3.8, 4) is 5.75 Å². The summed E-state index contributed by atoms with van der Waals surface area (Å²) in [4.78, 5) is 12.0. The first-order chi connectivity index (χ1) is 7.56. The molecule has 0 spiro atoms. The number of halogens is 1. The first-order valence-corrected chi connectivity index (χ1v) is 5.35. The number of carbonyl (C=O) groups excluding carboxylic acids is 1. The highest BCUT2D eigenvalue weighted by Gasteiger charge is 2.28. The predicted molar refractivity (Wildman–Crippen MR) is 64.9 cm³/mol. The van der Waals surface area contributed by atoms with Crippen molar-refractivity contribution < 1.29 is 9.90 Å². The first kappa shape index (κ1) is 11.0. The summed E-state index contributed by atoms with van der Waals surface area (Å²) in [6.07, 6.45) is 3.58. The summed E-state index contributed by atoms with van der Waals surface area (Å²) in [5.41, 5.74) is 2.72. The van der Waals surface area contributed by atoms with Crippen molar-refractivity contribution in [2.24, 2.45) is 0 Å². The molecule has 0 atom stereocenters. The van der Waals surface area contributed by atoms with Crippen LogP contribution < -0.4 is 0 Å². The summed E-state index contributed by atoms with van der Waals surface area (Å²) in [6.45, 7) is 3.72. The normalized spacial score (nSPS) is 15.1. The standard InChI is InChI=1S/C13H11ClO2/c1-3-4-9-7(2)12-10(13(9)16)5-8(15)6-11(12)14/h3-6,15H,1-2H3/b4-3-. The van der Waals surface area contributed by atoms with Crippen molar-refractivity contribution in [2.45, 2.75) is 13.8 Å². The van der Waals surface area contributed by atoms with Crippen LogP contribution >= 0.6 is 11.6 Å². The highest BCUT2D eigenvalue weighted by atomic mass is 35.5. The van der Waals surface area contributed by atoms with Gasteiger partial charge in [0.1, 0.15) is 5.75 Å². The second-order valence-corrected chi connectivity index (χ2v) is 4.13. The van der Waals surface area contributed by atoms with E-state index in [4.69, 9.17) is 11.6 Å². The van der Waals surface area contributed by atoms with Crippen LogP contribution in [0.4, 0.5) is 0 Å². The molecule has 0 saturated carbocycles. The Labute approximate surface area is 98.9 Å². The van der Waals surface area contributed by atoms with Crippen LogP contribution in [0.3, 0.4) is 0 Å². The molecule has 2 nitrogen and oxygen atoms in total. The molecule has 2 rings (SSSR count). The minimum Gasteiger partial charge on any atom is -0.508 e. The third-order valence-corrected chi connectivity index (χ3v) is 2.97. The van der Waals surface area contributed by atoms with Gasteiger partial charge >= 0.3 is 0 Å². The van der Waals surface area contributed by atoms with Gasteiger partial charge in [-0.05, 0) is 31.6 Å². The van der Waals surface area contributed by atoms with Gasteiger partial charge in [0, 0.05) is 16.7 Å². The Bertz CT molecular complexity index is 539. The molecule has 0 unspecified atom stereocenters. The lowest BCUT2D eigenvalue weighted by molar-refractivity contribution is 0.104. The molecule has 1 N–H and O–H groups in total. The molecule has 0 radical (unpaired) electrons. The van der Waals surface area contributed by atoms with E-state index in [1.165, 1.54) is 12.1 Å². The summed E-state index contributed by atoms with van der Waals surface area (Å²) in [7, 11) is 0. The number of phenols is 1. The Balaban J connectivity index is 2.72. The maximum Gasteiger partial charge on any atom is 0.194 e. The van der Waals surface area contributed by atoms with Crippen LogP contribution in [-0.4, -0.2) is 10.9 Å². The number of Topliss-reactive ketones (excluding diaryl/α,β-unsaturated/α-hetero) is 1. The van der Waals surface area contributed by atoms with Crippen LogP contribution in [0.2, 0.25) is 5.02 Å². The van der Waals surface area contributed by atoms with Gasteiger partial charge in [-0.1, -0.05) is 23.8 Å². The number of hydrogen-bond donors (Lipinski definition) is 1. The summed E-state index contributed by atoms with van der Waals surface area (Å²) in [5, 5.41) is 9.84. The van der Waals surface area contributed by atoms with Crippen molar-refractivity contribution in [1.29, 1.82) is 0 Å². The zero-order valence-corrected chi connectivity index (χ0v) is 9.80. The highest BCUT2D eigenvalue weighted by molar-refractivity contribution is 6.35. The van der Waals surface area contributed by atoms with Crippen molar-refractivity contribution in [1.82, 2.24) is 0 Å². The molecule has 1 aliphatic rings. The van der Waals surface area contributed by atoms with Gasteiger partial charge in [-0.3, -0.25) is 4.79 Å². The second-order valence-electron chi connectivity index (χ2n) is 3.72. The lowest BCUT2D eigenvalue weighted by atomic mass is 10.1. The summed E-state index contributed by atoms with van der Waals surface area (Å²) >= 11 is 6.03. The first-order valence-electron chi connectivity index (χ1n) is 4.97. The lowest BCUT2D eigenvalue weighted by Crippen LogP contribution is -1.96. The number of ketones is 1. The third-order valence-electron chi connectivity index (χ3n) is 2.68. The molecular weight excluding hydrogens is 224 g/mol. The van der Waals surface area contributed by atoms with E-state index in [0.29, 0.717) is 16.2 Å². The molecule has 16 heavy (non-hydrogen) atoms. The number of carbonyl (C=O) groups is 1. The van der Waals surface area contributed by atoms with Gasteiger partial charge in [0.2, 0.25) is 0 Å². The minimum absolute atomic E-state index is 0.0200. The van der Waals surface area contributed by atoms with Crippen molar-refractivity contribution in [3.05, 3.63) is 46.0 Å². The van der Waals surface area contributed by atoms with E-state index in [-0.39, 0.29) is 11.5 Å². The van der Waals surface area contributed by atoms with Crippen molar-refractivity contribution in [3.63, 3.8) is 0 Å². The Hall–Kier alpha value is -1.54. The Kier molecular flexibility index (Phi) is 2.60. The maximum atomic E-state index is 12.0. The van der Waals surface area contributed by atoms with E-state index >= 15 is 0 Å². The average Bonchev–Trinajstić information content (AvgIpc) is 2.43. The van der Waals surface area contributed by atoms with Crippen LogP contribution in [0.5, 0.6) is 5.75 Å². The Morgan fingerprint density at radius 3 is 2.69 bits per heavy atom. The van der Waals surface area contributed by atoms with E-state index < -0.39 is 0 Å². The van der Waals surface area contributed by atoms with Gasteiger partial charge in [-0.25, -0.2) is 0 Å². The molecule has 82 valence electrons. The van der Waals surface area contributed by atoms with Crippen LogP contribution in [0.15, 0.2) is 29.9 Å². The zero-order valence-electron chi connectivity index (χ0n) is 9.04. The van der Waals surface area contributed by atoms with Crippen molar-refractivity contribution >= 4 is 23.0 Å². The quantitative estimate of drug-likeness (QED) is 0.806. The van der Waals surface area contributed by atoms with Crippen molar-refractivity contribution in [2.75, 3.05) is 0 Å². The summed E-state index contributed by atoms with van der Waals surface area (Å²) in [6, 6.07) is 2.92. The fourth-order valence-corrected chi connectivity index (χ4v) is 2.33. The minimum atomic E-state index is -0.0802. The molecule has 3 heteroatoms. The second kappa shape index (κ2) is 3.80. The molecule has 0 fully saturated rings. The maximum absolute atomic E-state index is 12.0. The Morgan fingerprint density at radius 1 is 1.38 bits per heavy atom. The number of allylic oxidation sites excluding steroid dienone is 4. The van der Waals surface area contributed by atoms with Crippen LogP contribution in [0, 0.1) is 0 Å². The third kappa shape index (κ3) is 1.46. The molecular formula is C13H11ClO2. The van der Waals surface area contributed by atoms with Gasteiger partial charge in [0.05, 0.1) is 5.02 Å². The SMILES string of the molecule is C/C=C\C1=C(C)c2c(Cl)cc(O)cc2C1=O. The number of phenolic OH excluding ortho intramolecular Hbond substituents is 1. The molecule has 0 heterocycles. The fraction of sp³-hybridized carbons (Fsp3) is 0.154. The van der Waals surface area contributed by atoms with Crippen LogP contribution in [0.1, 0.15) is 29.8 Å². The van der Waals surface area contributed by atoms with E-state index in [0.717, 1.165) is 11.1 Å². The van der Waals surface area contributed by atoms with Gasteiger partial charge in [0.15, 0.2) is 5.78 Å². The molecule has 0 saturated heterocycles. The lowest BCUT2D eigenvalue weighted by Gasteiger charge is -2.03. The fourth-order valence-electron chi connectivity index (χ4n) is 1.97. The van der Waals surface area contributed by atoms with Crippen LogP contribution in [-0.2, 0) is 0 Å². The number of aromatic hydroxyl groups is 1. The van der Waals surface area contributed by atoms with E-state index in [9.17, 15) is 9.90 Å². The molecule has 0 amide bonds. The molecule has 0 aliphatic heterocycles. The molecule has 0 aromatic heterocycles. The smallest absolute Gasteiger partial charge is 0.194 e. The highest BCUT2D eigenvalue weighted by Crippen LogP contribution is 2.39. The van der Waals surface area contributed by atoms with E-state index in [1.807, 2.05) is 19.9 Å². The Morgan fingerprint density at radius 2 is 2.06 bits per heavy atom. The van der Waals surface area contributed by atoms with E-state index in [1.54, 1.807) is 6.08 Å². The summed E-state index contributed by atoms with van der Waals surface area (Å²) in [5.74, 6) is -0.0602. The van der Waals surface area contributed by atoms with Gasteiger partial charge in [-0.2, -0.15) is 0 Å². The number of fused-ring (bicyclic) bond motifs is 1. The summed E-state index contributed by atoms with van der Waals surface area (Å²) < 4.78 is 0. The average molecular weight is 235 g/mol. The van der Waals surface area contributed by atoms with Gasteiger partial charge < -0.3 is 5.11 Å². The molecule has 1 aromatic rings.